The van der Waals surface area contributed by atoms with Gasteiger partial charge in [-0.1, -0.05) is 17.4 Å². The van der Waals surface area contributed by atoms with Gasteiger partial charge >= 0.3 is 0 Å². The number of likely N-dealkylation sites (N-methyl/N-ethyl adjacent to an activating group) is 1. The number of nitrogens with zero attached hydrogens (tertiary/aromatic N) is 3. The second-order valence-electron chi connectivity index (χ2n) is 7.71. The standard InChI is InChI=1S/C23H29N3O3S.ClH/c1-15(2)29-18-10-8-17(9-11-18)22(27)26(14-13-25(4)5)23-24-20-19(28-6)12-7-16(3)21(20)30-23;/h7-12,15H,13-14H2,1-6H3;1H. The van der Waals surface area contributed by atoms with E-state index in [2.05, 4.69) is 4.90 Å². The quantitative estimate of drug-likeness (QED) is 0.469. The van der Waals surface area contributed by atoms with E-state index in [0.717, 1.165) is 28.1 Å². The van der Waals surface area contributed by atoms with Crippen LogP contribution in [0.15, 0.2) is 36.4 Å². The van der Waals surface area contributed by atoms with E-state index in [1.54, 1.807) is 12.0 Å². The van der Waals surface area contributed by atoms with Crippen molar-refractivity contribution in [2.75, 3.05) is 39.2 Å². The number of rotatable bonds is 8. The number of ether oxygens (including phenoxy) is 2. The summed E-state index contributed by atoms with van der Waals surface area (Å²) in [5.41, 5.74) is 2.51. The number of carbonyl (C=O) groups is 1. The van der Waals surface area contributed by atoms with E-state index in [4.69, 9.17) is 14.5 Å². The van der Waals surface area contributed by atoms with E-state index in [1.807, 2.05) is 71.3 Å². The van der Waals surface area contributed by atoms with Gasteiger partial charge < -0.3 is 14.4 Å². The van der Waals surface area contributed by atoms with Crippen LogP contribution in [0.5, 0.6) is 11.5 Å². The molecule has 0 bridgehead atoms. The summed E-state index contributed by atoms with van der Waals surface area (Å²) in [7, 11) is 5.62. The van der Waals surface area contributed by atoms with Crippen LogP contribution >= 0.6 is 23.7 Å². The zero-order valence-corrected chi connectivity index (χ0v) is 20.5. The van der Waals surface area contributed by atoms with Crippen molar-refractivity contribution in [2.45, 2.75) is 26.9 Å². The zero-order chi connectivity index (χ0) is 21.8. The molecule has 3 rings (SSSR count). The van der Waals surface area contributed by atoms with Gasteiger partial charge in [0.05, 0.1) is 17.9 Å². The number of aryl methyl sites for hydroxylation is 1. The van der Waals surface area contributed by atoms with Gasteiger partial charge in [0, 0.05) is 18.7 Å². The fourth-order valence-electron chi connectivity index (χ4n) is 3.07. The van der Waals surface area contributed by atoms with Gasteiger partial charge in [0.15, 0.2) is 5.13 Å². The fourth-order valence-corrected chi connectivity index (χ4v) is 4.14. The third-order valence-corrected chi connectivity index (χ3v) is 5.85. The number of amides is 1. The Labute approximate surface area is 194 Å². The Kier molecular flexibility index (Phi) is 8.68. The van der Waals surface area contributed by atoms with Gasteiger partial charge in [-0.25, -0.2) is 4.98 Å². The molecular weight excluding hydrogens is 434 g/mol. The minimum absolute atomic E-state index is 0. The molecule has 1 amide bonds. The SMILES string of the molecule is COc1ccc(C)c2sc(N(CCN(C)C)C(=O)c3ccc(OC(C)C)cc3)nc12.Cl. The van der Waals surface area contributed by atoms with Crippen molar-refractivity contribution < 1.29 is 14.3 Å². The number of aromatic nitrogens is 1. The molecule has 0 atom stereocenters. The second-order valence-corrected chi connectivity index (χ2v) is 8.69. The van der Waals surface area contributed by atoms with Crippen molar-refractivity contribution in [2.24, 2.45) is 0 Å². The fraction of sp³-hybridized carbons (Fsp3) is 0.391. The van der Waals surface area contributed by atoms with Crippen molar-refractivity contribution in [3.8, 4) is 11.5 Å². The molecule has 6 nitrogen and oxygen atoms in total. The number of halogens is 1. The molecule has 168 valence electrons. The van der Waals surface area contributed by atoms with Gasteiger partial charge in [0.2, 0.25) is 0 Å². The summed E-state index contributed by atoms with van der Waals surface area (Å²) < 4.78 is 12.2. The second kappa shape index (κ2) is 10.8. The van der Waals surface area contributed by atoms with Crippen molar-refractivity contribution in [1.29, 1.82) is 0 Å². The summed E-state index contributed by atoms with van der Waals surface area (Å²) in [4.78, 5) is 22.0. The average Bonchev–Trinajstić information content (AvgIpc) is 3.14. The molecule has 0 unspecified atom stereocenters. The molecule has 31 heavy (non-hydrogen) atoms. The van der Waals surface area contributed by atoms with Gasteiger partial charge in [0.1, 0.15) is 17.0 Å². The molecular formula is C23H30ClN3O3S. The van der Waals surface area contributed by atoms with Crippen LogP contribution in [-0.4, -0.2) is 56.2 Å². The Morgan fingerprint density at radius 3 is 2.35 bits per heavy atom. The summed E-state index contributed by atoms with van der Waals surface area (Å²) in [5.74, 6) is 1.39. The topological polar surface area (TPSA) is 54.9 Å². The minimum Gasteiger partial charge on any atom is -0.494 e. The van der Waals surface area contributed by atoms with Crippen molar-refractivity contribution in [1.82, 2.24) is 9.88 Å². The van der Waals surface area contributed by atoms with Crippen LogP contribution in [0.2, 0.25) is 0 Å². The highest BCUT2D eigenvalue weighted by Gasteiger charge is 2.23. The summed E-state index contributed by atoms with van der Waals surface area (Å²) in [6.07, 6.45) is 0.0871. The van der Waals surface area contributed by atoms with Crippen molar-refractivity contribution >= 4 is 45.0 Å². The molecule has 0 saturated heterocycles. The Morgan fingerprint density at radius 1 is 1.10 bits per heavy atom. The molecule has 1 heterocycles. The predicted molar refractivity (Wildman–Crippen MR) is 131 cm³/mol. The van der Waals surface area contributed by atoms with Crippen LogP contribution in [0.1, 0.15) is 29.8 Å². The van der Waals surface area contributed by atoms with Crippen LogP contribution in [0, 0.1) is 6.92 Å². The van der Waals surface area contributed by atoms with Crippen molar-refractivity contribution in [3.63, 3.8) is 0 Å². The normalized spacial score (nSPS) is 11.0. The average molecular weight is 464 g/mol. The van der Waals surface area contributed by atoms with Crippen LogP contribution in [0.3, 0.4) is 0 Å². The predicted octanol–water partition coefficient (Wildman–Crippen LogP) is 5.03. The number of hydrogen-bond donors (Lipinski definition) is 0. The van der Waals surface area contributed by atoms with E-state index >= 15 is 0 Å². The lowest BCUT2D eigenvalue weighted by atomic mass is 10.2. The Morgan fingerprint density at radius 2 is 1.77 bits per heavy atom. The number of carbonyl (C=O) groups excluding carboxylic acids is 1. The molecule has 0 aliphatic rings. The Bertz CT molecular complexity index is 1020. The maximum atomic E-state index is 13.4. The molecule has 0 aliphatic heterocycles. The molecule has 3 aromatic rings. The first-order valence-electron chi connectivity index (χ1n) is 9.97. The lowest BCUT2D eigenvalue weighted by Crippen LogP contribution is -2.36. The van der Waals surface area contributed by atoms with Gasteiger partial charge in [-0.15, -0.1) is 12.4 Å². The molecule has 0 N–H and O–H groups in total. The lowest BCUT2D eigenvalue weighted by molar-refractivity contribution is 0.0985. The van der Waals surface area contributed by atoms with E-state index < -0.39 is 0 Å². The Hall–Kier alpha value is -2.35. The largest absolute Gasteiger partial charge is 0.494 e. The van der Waals surface area contributed by atoms with Gasteiger partial charge in [-0.3, -0.25) is 9.69 Å². The van der Waals surface area contributed by atoms with Gasteiger partial charge in [0.25, 0.3) is 5.91 Å². The number of benzene rings is 2. The van der Waals surface area contributed by atoms with Crippen molar-refractivity contribution in [3.05, 3.63) is 47.5 Å². The summed E-state index contributed by atoms with van der Waals surface area (Å²) in [6, 6.07) is 11.2. The van der Waals surface area contributed by atoms with Crippen LogP contribution in [0.25, 0.3) is 10.2 Å². The minimum atomic E-state index is -0.0800. The number of fused-ring (bicyclic) bond motifs is 1. The van der Waals surface area contributed by atoms with Crippen LogP contribution < -0.4 is 14.4 Å². The maximum absolute atomic E-state index is 13.4. The number of anilines is 1. The highest BCUT2D eigenvalue weighted by atomic mass is 35.5. The smallest absolute Gasteiger partial charge is 0.260 e. The third-order valence-electron chi connectivity index (χ3n) is 4.63. The first kappa shape index (κ1) is 24.9. The first-order chi connectivity index (χ1) is 14.3. The summed E-state index contributed by atoms with van der Waals surface area (Å²) in [6.45, 7) is 7.27. The van der Waals surface area contributed by atoms with E-state index in [0.29, 0.717) is 23.0 Å². The summed E-state index contributed by atoms with van der Waals surface area (Å²) in [5, 5.41) is 0.673. The third kappa shape index (κ3) is 5.87. The van der Waals surface area contributed by atoms with Crippen LogP contribution in [0.4, 0.5) is 5.13 Å². The molecule has 8 heteroatoms. The zero-order valence-electron chi connectivity index (χ0n) is 18.8. The number of methoxy groups -OCH3 is 1. The van der Waals surface area contributed by atoms with Crippen LogP contribution in [-0.2, 0) is 0 Å². The monoisotopic (exact) mass is 463 g/mol. The van der Waals surface area contributed by atoms with E-state index in [-0.39, 0.29) is 24.4 Å². The highest BCUT2D eigenvalue weighted by Crippen LogP contribution is 2.36. The van der Waals surface area contributed by atoms with Gasteiger partial charge in [-0.2, -0.15) is 0 Å². The van der Waals surface area contributed by atoms with Gasteiger partial charge in [-0.05, 0) is 70.8 Å². The molecule has 0 radical (unpaired) electrons. The number of hydrogen-bond acceptors (Lipinski definition) is 6. The van der Waals surface area contributed by atoms with E-state index in [9.17, 15) is 4.79 Å². The molecule has 0 saturated carbocycles. The number of thiazole rings is 1. The molecule has 0 aliphatic carbocycles. The molecule has 2 aromatic carbocycles. The highest BCUT2D eigenvalue weighted by molar-refractivity contribution is 7.22. The lowest BCUT2D eigenvalue weighted by Gasteiger charge is -2.22. The molecule has 0 spiro atoms. The van der Waals surface area contributed by atoms with E-state index in [1.165, 1.54) is 11.3 Å². The molecule has 1 aromatic heterocycles. The summed E-state index contributed by atoms with van der Waals surface area (Å²) >= 11 is 1.52. The Balaban J connectivity index is 0.00000341. The first-order valence-corrected chi connectivity index (χ1v) is 10.8. The molecule has 0 fully saturated rings. The maximum Gasteiger partial charge on any atom is 0.260 e.